The fourth-order valence-corrected chi connectivity index (χ4v) is 4.36. The van der Waals surface area contributed by atoms with E-state index in [1.54, 1.807) is 29.8 Å². The predicted octanol–water partition coefficient (Wildman–Crippen LogP) is 1.75. The Morgan fingerprint density at radius 2 is 2.00 bits per heavy atom. The lowest BCUT2D eigenvalue weighted by Crippen LogP contribution is -2.38. The number of nitrogens with zero attached hydrogens (tertiary/aromatic N) is 4. The van der Waals surface area contributed by atoms with Crippen LogP contribution in [0.2, 0.25) is 5.02 Å². The molecular formula is C13H15ClN4O2S. The largest absolute Gasteiger partial charge is 0.247 e. The molecule has 2 heterocycles. The molecular weight excluding hydrogens is 312 g/mol. The Labute approximate surface area is 128 Å². The third kappa shape index (κ3) is 2.56. The van der Waals surface area contributed by atoms with E-state index in [4.69, 9.17) is 11.6 Å². The zero-order chi connectivity index (χ0) is 15.2. The first-order chi connectivity index (χ1) is 9.88. The minimum absolute atomic E-state index is 0.138. The molecule has 1 aliphatic heterocycles. The molecule has 0 atom stereocenters. The van der Waals surface area contributed by atoms with Crippen molar-refractivity contribution in [1.82, 2.24) is 19.1 Å². The molecule has 3 rings (SSSR count). The maximum atomic E-state index is 12.7. The number of halogens is 1. The molecule has 0 radical (unpaired) electrons. The first-order valence-corrected chi connectivity index (χ1v) is 8.36. The predicted molar refractivity (Wildman–Crippen MR) is 78.5 cm³/mol. The second-order valence-corrected chi connectivity index (χ2v) is 7.38. The van der Waals surface area contributed by atoms with Crippen LogP contribution in [0, 0.1) is 13.8 Å². The molecule has 21 heavy (non-hydrogen) atoms. The van der Waals surface area contributed by atoms with E-state index in [0.717, 1.165) is 5.56 Å². The van der Waals surface area contributed by atoms with E-state index in [1.165, 1.54) is 4.31 Å². The lowest BCUT2D eigenvalue weighted by atomic mass is 10.2. The lowest BCUT2D eigenvalue weighted by molar-refractivity contribution is 0.321. The lowest BCUT2D eigenvalue weighted by Gasteiger charge is -2.26. The first kappa shape index (κ1) is 14.5. The van der Waals surface area contributed by atoms with E-state index in [2.05, 4.69) is 10.1 Å². The topological polar surface area (TPSA) is 68.1 Å². The molecule has 0 spiro atoms. The van der Waals surface area contributed by atoms with Crippen LogP contribution < -0.4 is 0 Å². The molecule has 1 aliphatic rings. The van der Waals surface area contributed by atoms with E-state index in [-0.39, 0.29) is 16.5 Å². The Balaban J connectivity index is 1.96. The molecule has 6 nitrogen and oxygen atoms in total. The van der Waals surface area contributed by atoms with Crippen LogP contribution in [0.15, 0.2) is 23.1 Å². The molecule has 0 fully saturated rings. The smallest absolute Gasteiger partial charge is 0.245 e. The Morgan fingerprint density at radius 1 is 1.24 bits per heavy atom. The number of hydrogen-bond acceptors (Lipinski definition) is 4. The van der Waals surface area contributed by atoms with Crippen LogP contribution in [-0.2, 0) is 23.1 Å². The van der Waals surface area contributed by atoms with Crippen LogP contribution in [0.25, 0.3) is 0 Å². The second kappa shape index (κ2) is 5.08. The molecule has 1 aromatic carbocycles. The molecule has 0 aliphatic carbocycles. The number of sulfonamides is 1. The molecule has 0 saturated heterocycles. The van der Waals surface area contributed by atoms with Gasteiger partial charge in [-0.3, -0.25) is 0 Å². The van der Waals surface area contributed by atoms with Crippen LogP contribution in [0.3, 0.4) is 0 Å². The Morgan fingerprint density at radius 3 is 2.71 bits per heavy atom. The first-order valence-electron chi connectivity index (χ1n) is 6.54. The van der Waals surface area contributed by atoms with Gasteiger partial charge in [-0.15, -0.1) is 0 Å². The molecule has 0 N–H and O–H groups in total. The van der Waals surface area contributed by atoms with Crippen LogP contribution in [-0.4, -0.2) is 34.0 Å². The third-order valence-corrected chi connectivity index (χ3v) is 5.77. The van der Waals surface area contributed by atoms with Gasteiger partial charge < -0.3 is 0 Å². The average Bonchev–Trinajstić information content (AvgIpc) is 2.77. The molecule has 1 aromatic heterocycles. The van der Waals surface area contributed by atoms with Gasteiger partial charge in [0.2, 0.25) is 10.0 Å². The van der Waals surface area contributed by atoms with E-state index < -0.39 is 10.0 Å². The van der Waals surface area contributed by atoms with E-state index in [1.807, 2.05) is 6.92 Å². The van der Waals surface area contributed by atoms with Crippen molar-refractivity contribution in [3.63, 3.8) is 0 Å². The van der Waals surface area contributed by atoms with Crippen molar-refractivity contribution < 1.29 is 8.42 Å². The summed E-state index contributed by atoms with van der Waals surface area (Å²) in [6, 6.07) is 4.96. The summed E-state index contributed by atoms with van der Waals surface area (Å²) < 4.78 is 28.6. The number of aromatic nitrogens is 3. The number of hydrogen-bond donors (Lipinski definition) is 0. The molecule has 0 saturated carbocycles. The van der Waals surface area contributed by atoms with Gasteiger partial charge in [0.05, 0.1) is 18.1 Å². The van der Waals surface area contributed by atoms with Gasteiger partial charge in [-0.2, -0.15) is 9.40 Å². The molecule has 2 aromatic rings. The summed E-state index contributed by atoms with van der Waals surface area (Å²) in [6.07, 6.45) is 0. The van der Waals surface area contributed by atoms with E-state index >= 15 is 0 Å². The summed E-state index contributed by atoms with van der Waals surface area (Å²) in [5.74, 6) is 1.31. The van der Waals surface area contributed by atoms with Crippen molar-refractivity contribution in [2.24, 2.45) is 0 Å². The summed E-state index contributed by atoms with van der Waals surface area (Å²) in [7, 11) is -3.62. The van der Waals surface area contributed by atoms with Gasteiger partial charge in [0.25, 0.3) is 0 Å². The van der Waals surface area contributed by atoms with Crippen molar-refractivity contribution in [3.05, 3.63) is 40.4 Å². The Kier molecular flexibility index (Phi) is 3.51. The van der Waals surface area contributed by atoms with Crippen molar-refractivity contribution in [1.29, 1.82) is 0 Å². The zero-order valence-electron chi connectivity index (χ0n) is 11.7. The molecule has 0 amide bonds. The fourth-order valence-electron chi connectivity index (χ4n) is 2.40. The number of rotatable bonds is 2. The number of benzene rings is 1. The number of aryl methyl sites for hydroxylation is 2. The van der Waals surface area contributed by atoms with Gasteiger partial charge in [0, 0.05) is 6.54 Å². The summed E-state index contributed by atoms with van der Waals surface area (Å²) in [5.41, 5.74) is 0.924. The van der Waals surface area contributed by atoms with Gasteiger partial charge in [0.1, 0.15) is 16.5 Å². The summed E-state index contributed by atoms with van der Waals surface area (Å²) in [5, 5.41) is 4.48. The molecule has 0 unspecified atom stereocenters. The SMILES string of the molecule is Cc1ccc(S(=O)(=O)N2CCn3nc(C)nc3C2)c(Cl)c1. The average molecular weight is 327 g/mol. The van der Waals surface area contributed by atoms with Crippen LogP contribution in [0.4, 0.5) is 0 Å². The highest BCUT2D eigenvalue weighted by Crippen LogP contribution is 2.27. The summed E-state index contributed by atoms with van der Waals surface area (Å²) in [6.45, 7) is 4.74. The van der Waals surface area contributed by atoms with Gasteiger partial charge in [0.15, 0.2) is 0 Å². The normalized spacial score (nSPS) is 16.0. The standard InChI is InChI=1S/C13H15ClN4O2S/c1-9-3-4-12(11(14)7-9)21(19,20)17-5-6-18-13(8-17)15-10(2)16-18/h3-4,7H,5-6,8H2,1-2H3. The summed E-state index contributed by atoms with van der Waals surface area (Å²) >= 11 is 6.10. The van der Waals surface area contributed by atoms with Gasteiger partial charge >= 0.3 is 0 Å². The van der Waals surface area contributed by atoms with Crippen molar-refractivity contribution in [2.45, 2.75) is 31.8 Å². The Hall–Kier alpha value is -1.44. The highest BCUT2D eigenvalue weighted by Gasteiger charge is 2.31. The van der Waals surface area contributed by atoms with Crippen LogP contribution in [0.5, 0.6) is 0 Å². The monoisotopic (exact) mass is 326 g/mol. The minimum atomic E-state index is -3.62. The quantitative estimate of drug-likeness (QED) is 0.843. The maximum Gasteiger partial charge on any atom is 0.245 e. The van der Waals surface area contributed by atoms with Gasteiger partial charge in [-0.25, -0.2) is 18.1 Å². The highest BCUT2D eigenvalue weighted by atomic mass is 35.5. The second-order valence-electron chi connectivity index (χ2n) is 5.07. The van der Waals surface area contributed by atoms with E-state index in [9.17, 15) is 8.42 Å². The van der Waals surface area contributed by atoms with E-state index in [0.29, 0.717) is 24.7 Å². The third-order valence-electron chi connectivity index (χ3n) is 3.44. The van der Waals surface area contributed by atoms with Crippen molar-refractivity contribution in [2.75, 3.05) is 6.54 Å². The molecule has 8 heteroatoms. The maximum absolute atomic E-state index is 12.7. The molecule has 0 bridgehead atoms. The van der Waals surface area contributed by atoms with Crippen molar-refractivity contribution >= 4 is 21.6 Å². The fraction of sp³-hybridized carbons (Fsp3) is 0.385. The molecule has 112 valence electrons. The van der Waals surface area contributed by atoms with Gasteiger partial charge in [-0.05, 0) is 31.5 Å². The summed E-state index contributed by atoms with van der Waals surface area (Å²) in [4.78, 5) is 4.40. The number of fused-ring (bicyclic) bond motifs is 1. The Bertz CT molecular complexity index is 800. The van der Waals surface area contributed by atoms with Crippen molar-refractivity contribution in [3.8, 4) is 0 Å². The van der Waals surface area contributed by atoms with Crippen LogP contribution >= 0.6 is 11.6 Å². The van der Waals surface area contributed by atoms with Gasteiger partial charge in [-0.1, -0.05) is 17.7 Å². The van der Waals surface area contributed by atoms with Crippen LogP contribution in [0.1, 0.15) is 17.2 Å². The highest BCUT2D eigenvalue weighted by molar-refractivity contribution is 7.89. The zero-order valence-corrected chi connectivity index (χ0v) is 13.3. The minimum Gasteiger partial charge on any atom is -0.247 e.